The van der Waals surface area contributed by atoms with Gasteiger partial charge in [-0.15, -0.1) is 0 Å². The van der Waals surface area contributed by atoms with E-state index in [2.05, 4.69) is 0 Å². The van der Waals surface area contributed by atoms with Crippen molar-refractivity contribution in [2.75, 3.05) is 7.11 Å². The van der Waals surface area contributed by atoms with E-state index in [1.165, 1.54) is 25.3 Å². The van der Waals surface area contributed by atoms with Gasteiger partial charge in [-0.05, 0) is 25.0 Å². The molecular formula is C15H18O6. The average Bonchev–Trinajstić information content (AvgIpc) is 2.48. The summed E-state index contributed by atoms with van der Waals surface area (Å²) in [4.78, 5) is 34.3. The highest BCUT2D eigenvalue weighted by molar-refractivity contribution is 6.00. The molecule has 0 saturated heterocycles. The molecule has 114 valence electrons. The van der Waals surface area contributed by atoms with Gasteiger partial charge in [0, 0.05) is 6.07 Å². The Kier molecular flexibility index (Phi) is 5.46. The molecule has 0 aliphatic rings. The Morgan fingerprint density at radius 3 is 2.33 bits per heavy atom. The fourth-order valence-electron chi connectivity index (χ4n) is 1.99. The summed E-state index contributed by atoms with van der Waals surface area (Å²) in [5, 5.41) is 9.28. The molecule has 1 aromatic rings. The molecular weight excluding hydrogens is 276 g/mol. The molecule has 6 heteroatoms. The summed E-state index contributed by atoms with van der Waals surface area (Å²) in [5.74, 6) is -1.66. The number of ether oxygens (including phenoxy) is 2. The summed E-state index contributed by atoms with van der Waals surface area (Å²) >= 11 is 0. The Morgan fingerprint density at radius 1 is 1.29 bits per heavy atom. The number of esters is 1. The van der Waals surface area contributed by atoms with Gasteiger partial charge in [0.2, 0.25) is 0 Å². The summed E-state index contributed by atoms with van der Waals surface area (Å²) in [6, 6.07) is 4.23. The summed E-state index contributed by atoms with van der Waals surface area (Å²) in [6.07, 6.45) is 0.868. The molecule has 0 aromatic heterocycles. The molecule has 0 aliphatic heterocycles. The summed E-state index contributed by atoms with van der Waals surface area (Å²) < 4.78 is 10.2. The minimum absolute atomic E-state index is 0.126. The quantitative estimate of drug-likeness (QED) is 0.359. The van der Waals surface area contributed by atoms with E-state index >= 15 is 0 Å². The zero-order valence-electron chi connectivity index (χ0n) is 12.2. The van der Waals surface area contributed by atoms with E-state index < -0.39 is 17.4 Å². The predicted molar refractivity (Wildman–Crippen MR) is 74.7 cm³/mol. The number of methoxy groups -OCH3 is 1. The Labute approximate surface area is 122 Å². The van der Waals surface area contributed by atoms with Crippen molar-refractivity contribution in [1.29, 1.82) is 0 Å². The van der Waals surface area contributed by atoms with E-state index in [1.54, 1.807) is 13.8 Å². The second-order valence-electron chi connectivity index (χ2n) is 4.51. The number of rotatable bonds is 7. The van der Waals surface area contributed by atoms with Crippen molar-refractivity contribution in [3.8, 4) is 11.5 Å². The Bertz CT molecular complexity index is 545. The van der Waals surface area contributed by atoms with Gasteiger partial charge >= 0.3 is 11.9 Å². The van der Waals surface area contributed by atoms with Crippen LogP contribution in [0.4, 0.5) is 0 Å². The van der Waals surface area contributed by atoms with Crippen molar-refractivity contribution >= 4 is 18.2 Å². The van der Waals surface area contributed by atoms with E-state index in [-0.39, 0.29) is 24.3 Å². The van der Waals surface area contributed by atoms with E-state index in [4.69, 9.17) is 9.47 Å². The number of carboxylic acid groups (broad SMARTS) is 1. The van der Waals surface area contributed by atoms with Crippen LogP contribution in [0.25, 0.3) is 0 Å². The Morgan fingerprint density at radius 2 is 1.90 bits per heavy atom. The molecule has 0 atom stereocenters. The first-order valence-corrected chi connectivity index (χ1v) is 6.54. The van der Waals surface area contributed by atoms with Crippen molar-refractivity contribution in [3.05, 3.63) is 23.8 Å². The number of carbonyl (C=O) groups excluding carboxylic acids is 2. The monoisotopic (exact) mass is 294 g/mol. The predicted octanol–water partition coefficient (Wildman–Crippen LogP) is 2.30. The van der Waals surface area contributed by atoms with Gasteiger partial charge in [-0.3, -0.25) is 14.4 Å². The van der Waals surface area contributed by atoms with Gasteiger partial charge in [0.05, 0.1) is 12.7 Å². The van der Waals surface area contributed by atoms with Crippen molar-refractivity contribution in [2.45, 2.75) is 26.7 Å². The zero-order chi connectivity index (χ0) is 16.0. The van der Waals surface area contributed by atoms with Crippen LogP contribution in [0.1, 0.15) is 37.0 Å². The molecule has 0 heterocycles. The number of aliphatic carboxylic acids is 1. The van der Waals surface area contributed by atoms with E-state index in [0.29, 0.717) is 11.8 Å². The molecule has 0 bridgehead atoms. The number of hydrogen-bond donors (Lipinski definition) is 1. The SMILES string of the molecule is CCC(CC)(C(=O)O)C(=O)Oc1ccc(C=O)c(OC)c1. The van der Waals surface area contributed by atoms with Gasteiger partial charge < -0.3 is 14.6 Å². The molecule has 0 radical (unpaired) electrons. The van der Waals surface area contributed by atoms with Gasteiger partial charge in [-0.1, -0.05) is 13.8 Å². The third-order valence-electron chi connectivity index (χ3n) is 3.55. The van der Waals surface area contributed by atoms with Crippen LogP contribution in [-0.4, -0.2) is 30.4 Å². The third kappa shape index (κ3) is 3.21. The maximum Gasteiger partial charge on any atom is 0.328 e. The number of carboxylic acids is 1. The van der Waals surface area contributed by atoms with Gasteiger partial charge in [-0.2, -0.15) is 0 Å². The maximum atomic E-state index is 12.2. The van der Waals surface area contributed by atoms with Crippen LogP contribution in [0, 0.1) is 5.41 Å². The molecule has 0 aliphatic carbocycles. The molecule has 21 heavy (non-hydrogen) atoms. The molecule has 1 rings (SSSR count). The van der Waals surface area contributed by atoms with Crippen molar-refractivity contribution in [3.63, 3.8) is 0 Å². The van der Waals surface area contributed by atoms with Crippen LogP contribution in [0.15, 0.2) is 18.2 Å². The Hall–Kier alpha value is -2.37. The summed E-state index contributed by atoms with van der Waals surface area (Å²) in [5.41, 5.74) is -1.26. The smallest absolute Gasteiger partial charge is 0.328 e. The van der Waals surface area contributed by atoms with Gasteiger partial charge in [0.15, 0.2) is 11.7 Å². The summed E-state index contributed by atoms with van der Waals surface area (Å²) in [6.45, 7) is 3.24. The maximum absolute atomic E-state index is 12.2. The zero-order valence-corrected chi connectivity index (χ0v) is 12.2. The van der Waals surface area contributed by atoms with Crippen LogP contribution in [0.3, 0.4) is 0 Å². The lowest BCUT2D eigenvalue weighted by atomic mass is 9.82. The number of aldehydes is 1. The fourth-order valence-corrected chi connectivity index (χ4v) is 1.99. The highest BCUT2D eigenvalue weighted by Crippen LogP contribution is 2.31. The molecule has 6 nitrogen and oxygen atoms in total. The first kappa shape index (κ1) is 16.7. The number of hydrogen-bond acceptors (Lipinski definition) is 5. The van der Waals surface area contributed by atoms with E-state index in [9.17, 15) is 19.5 Å². The second kappa shape index (κ2) is 6.88. The van der Waals surface area contributed by atoms with Crippen LogP contribution in [-0.2, 0) is 9.59 Å². The molecule has 1 N–H and O–H groups in total. The minimum Gasteiger partial charge on any atom is -0.496 e. The van der Waals surface area contributed by atoms with Crippen LogP contribution < -0.4 is 9.47 Å². The Balaban J connectivity index is 3.07. The highest BCUT2D eigenvalue weighted by Gasteiger charge is 2.44. The van der Waals surface area contributed by atoms with Crippen molar-refractivity contribution in [2.24, 2.45) is 5.41 Å². The topological polar surface area (TPSA) is 89.9 Å². The third-order valence-corrected chi connectivity index (χ3v) is 3.55. The fraction of sp³-hybridized carbons (Fsp3) is 0.400. The van der Waals surface area contributed by atoms with Crippen LogP contribution in [0.2, 0.25) is 0 Å². The van der Waals surface area contributed by atoms with Gasteiger partial charge in [-0.25, -0.2) is 0 Å². The molecule has 1 aromatic carbocycles. The standard InChI is InChI=1S/C15H18O6/c1-4-15(5-2,13(17)18)14(19)21-11-7-6-10(9-16)12(8-11)20-3/h6-9H,4-5H2,1-3H3,(H,17,18). The van der Waals surface area contributed by atoms with Gasteiger partial charge in [0.25, 0.3) is 0 Å². The van der Waals surface area contributed by atoms with E-state index in [1.807, 2.05) is 0 Å². The van der Waals surface area contributed by atoms with Crippen LogP contribution in [0.5, 0.6) is 11.5 Å². The molecule has 0 fully saturated rings. The van der Waals surface area contributed by atoms with Crippen molar-refractivity contribution in [1.82, 2.24) is 0 Å². The molecule has 0 unspecified atom stereocenters. The lowest BCUT2D eigenvalue weighted by Gasteiger charge is -2.24. The second-order valence-corrected chi connectivity index (χ2v) is 4.51. The van der Waals surface area contributed by atoms with Crippen molar-refractivity contribution < 1.29 is 29.0 Å². The normalized spacial score (nSPS) is 10.8. The minimum atomic E-state index is -1.57. The largest absolute Gasteiger partial charge is 0.496 e. The van der Waals surface area contributed by atoms with Gasteiger partial charge in [0.1, 0.15) is 11.5 Å². The molecule has 0 amide bonds. The van der Waals surface area contributed by atoms with E-state index in [0.717, 1.165) is 0 Å². The molecule has 0 spiro atoms. The number of carbonyl (C=O) groups is 3. The highest BCUT2D eigenvalue weighted by atomic mass is 16.5. The molecule has 0 saturated carbocycles. The van der Waals surface area contributed by atoms with Crippen LogP contribution >= 0.6 is 0 Å². The summed E-state index contributed by atoms with van der Waals surface area (Å²) in [7, 11) is 1.38. The first-order valence-electron chi connectivity index (χ1n) is 6.54. The first-order chi connectivity index (χ1) is 9.94. The lowest BCUT2D eigenvalue weighted by Crippen LogP contribution is -2.41. The number of benzene rings is 1. The lowest BCUT2D eigenvalue weighted by molar-refractivity contribution is -0.163. The average molecular weight is 294 g/mol.